The number of amides is 2. The predicted octanol–water partition coefficient (Wildman–Crippen LogP) is 3.74. The number of anilines is 1. The topological polar surface area (TPSA) is 71.3 Å². The standard InChI is InChI=1S/C19H14F2N2O3/c20-14-7-3-8-15(21)17(14)19(25)23-16-9-2-1-6-13(16)18(24)22-11-12-5-4-10-26-12/h1-10H,11H2,(H,22,24)(H,23,25). The Balaban J connectivity index is 1.78. The Hall–Kier alpha value is -3.48. The molecule has 2 N–H and O–H groups in total. The van der Waals surface area contributed by atoms with Gasteiger partial charge >= 0.3 is 0 Å². The molecular formula is C19H14F2N2O3. The first-order valence-electron chi connectivity index (χ1n) is 7.71. The van der Waals surface area contributed by atoms with E-state index in [1.165, 1.54) is 18.4 Å². The molecule has 0 aliphatic rings. The van der Waals surface area contributed by atoms with E-state index in [9.17, 15) is 18.4 Å². The fourth-order valence-electron chi connectivity index (χ4n) is 2.37. The zero-order valence-corrected chi connectivity index (χ0v) is 13.5. The van der Waals surface area contributed by atoms with Crippen LogP contribution in [0.25, 0.3) is 0 Å². The van der Waals surface area contributed by atoms with Gasteiger partial charge in [0.1, 0.15) is 23.0 Å². The van der Waals surface area contributed by atoms with Crippen LogP contribution in [0.15, 0.2) is 65.3 Å². The summed E-state index contributed by atoms with van der Waals surface area (Å²) in [6.07, 6.45) is 1.48. The first kappa shape index (κ1) is 17.3. The summed E-state index contributed by atoms with van der Waals surface area (Å²) < 4.78 is 32.6. The molecule has 0 saturated carbocycles. The zero-order valence-electron chi connectivity index (χ0n) is 13.5. The van der Waals surface area contributed by atoms with Crippen LogP contribution >= 0.6 is 0 Å². The van der Waals surface area contributed by atoms with Crippen LogP contribution < -0.4 is 10.6 Å². The van der Waals surface area contributed by atoms with E-state index in [0.29, 0.717) is 5.76 Å². The third kappa shape index (κ3) is 3.77. The highest BCUT2D eigenvalue weighted by Gasteiger charge is 2.19. The normalized spacial score (nSPS) is 10.4. The van der Waals surface area contributed by atoms with E-state index >= 15 is 0 Å². The number of carbonyl (C=O) groups excluding carboxylic acids is 2. The van der Waals surface area contributed by atoms with Crippen molar-refractivity contribution in [2.45, 2.75) is 6.54 Å². The minimum atomic E-state index is -0.984. The lowest BCUT2D eigenvalue weighted by molar-refractivity contribution is 0.0949. The number of rotatable bonds is 5. The minimum Gasteiger partial charge on any atom is -0.467 e. The molecule has 132 valence electrons. The first-order valence-corrected chi connectivity index (χ1v) is 7.71. The molecule has 0 aliphatic carbocycles. The van der Waals surface area contributed by atoms with Crippen LogP contribution in [0, 0.1) is 11.6 Å². The summed E-state index contributed by atoms with van der Waals surface area (Å²) in [5.74, 6) is -2.85. The molecule has 5 nitrogen and oxygen atoms in total. The number of halogens is 2. The van der Waals surface area contributed by atoms with Crippen LogP contribution in [-0.2, 0) is 6.54 Å². The highest BCUT2D eigenvalue weighted by molar-refractivity contribution is 6.09. The van der Waals surface area contributed by atoms with Gasteiger partial charge in [0.2, 0.25) is 0 Å². The van der Waals surface area contributed by atoms with Crippen molar-refractivity contribution in [3.8, 4) is 0 Å². The van der Waals surface area contributed by atoms with Gasteiger partial charge in [-0.15, -0.1) is 0 Å². The van der Waals surface area contributed by atoms with E-state index in [4.69, 9.17) is 4.42 Å². The quantitative estimate of drug-likeness (QED) is 0.732. The fourth-order valence-corrected chi connectivity index (χ4v) is 2.37. The average molecular weight is 356 g/mol. The van der Waals surface area contributed by atoms with E-state index in [2.05, 4.69) is 10.6 Å². The number of nitrogens with one attached hydrogen (secondary N) is 2. The molecule has 7 heteroatoms. The summed E-state index contributed by atoms with van der Waals surface area (Å²) in [5, 5.41) is 5.02. The molecule has 0 spiro atoms. The average Bonchev–Trinajstić information content (AvgIpc) is 3.13. The molecule has 2 amide bonds. The van der Waals surface area contributed by atoms with Gasteiger partial charge in [-0.2, -0.15) is 0 Å². The Morgan fingerprint density at radius 1 is 0.885 bits per heavy atom. The minimum absolute atomic E-state index is 0.136. The lowest BCUT2D eigenvalue weighted by Crippen LogP contribution is -2.25. The fraction of sp³-hybridized carbons (Fsp3) is 0.0526. The molecule has 3 rings (SSSR count). The van der Waals surface area contributed by atoms with E-state index in [0.717, 1.165) is 18.2 Å². The molecule has 0 aliphatic heterocycles. The summed E-state index contributed by atoms with van der Waals surface area (Å²) >= 11 is 0. The predicted molar refractivity (Wildman–Crippen MR) is 90.6 cm³/mol. The van der Waals surface area contributed by atoms with Gasteiger partial charge in [-0.3, -0.25) is 9.59 Å². The molecule has 0 saturated heterocycles. The Kier molecular flexibility index (Phi) is 5.07. The highest BCUT2D eigenvalue weighted by atomic mass is 19.1. The van der Waals surface area contributed by atoms with Crippen molar-refractivity contribution in [1.82, 2.24) is 5.32 Å². The van der Waals surface area contributed by atoms with E-state index in [1.807, 2.05) is 0 Å². The number of furan rings is 1. The second-order valence-corrected chi connectivity index (χ2v) is 5.36. The molecule has 0 atom stereocenters. The van der Waals surface area contributed by atoms with Gasteiger partial charge in [-0.1, -0.05) is 18.2 Å². The van der Waals surface area contributed by atoms with Gasteiger partial charge in [0.15, 0.2) is 0 Å². The van der Waals surface area contributed by atoms with Gasteiger partial charge in [0.25, 0.3) is 11.8 Å². The summed E-state index contributed by atoms with van der Waals surface area (Å²) in [4.78, 5) is 24.6. The zero-order chi connectivity index (χ0) is 18.5. The molecule has 0 radical (unpaired) electrons. The maximum atomic E-state index is 13.8. The van der Waals surface area contributed by atoms with Crippen LogP contribution in [0.4, 0.5) is 14.5 Å². The van der Waals surface area contributed by atoms with E-state index in [-0.39, 0.29) is 17.8 Å². The van der Waals surface area contributed by atoms with Crippen LogP contribution in [0.3, 0.4) is 0 Å². The second-order valence-electron chi connectivity index (χ2n) is 5.36. The van der Waals surface area contributed by atoms with Crippen molar-refractivity contribution in [2.75, 3.05) is 5.32 Å². The largest absolute Gasteiger partial charge is 0.467 e. The van der Waals surface area contributed by atoms with Crippen molar-refractivity contribution in [1.29, 1.82) is 0 Å². The number of hydrogen-bond donors (Lipinski definition) is 2. The van der Waals surface area contributed by atoms with Gasteiger partial charge in [-0.25, -0.2) is 8.78 Å². The summed E-state index contributed by atoms with van der Waals surface area (Å²) in [6, 6.07) is 12.7. The first-order chi connectivity index (χ1) is 12.6. The molecule has 26 heavy (non-hydrogen) atoms. The monoisotopic (exact) mass is 356 g/mol. The Bertz CT molecular complexity index is 919. The molecule has 1 aromatic heterocycles. The molecule has 1 heterocycles. The van der Waals surface area contributed by atoms with Crippen molar-refractivity contribution in [3.05, 3.63) is 89.4 Å². The summed E-state index contributed by atoms with van der Waals surface area (Å²) in [7, 11) is 0. The highest BCUT2D eigenvalue weighted by Crippen LogP contribution is 2.19. The number of carbonyl (C=O) groups is 2. The van der Waals surface area contributed by atoms with Gasteiger partial charge in [0.05, 0.1) is 24.1 Å². The van der Waals surface area contributed by atoms with Gasteiger partial charge < -0.3 is 15.1 Å². The molecule has 0 fully saturated rings. The molecule has 2 aromatic carbocycles. The van der Waals surface area contributed by atoms with Crippen LogP contribution in [0.5, 0.6) is 0 Å². The van der Waals surface area contributed by atoms with Crippen LogP contribution in [-0.4, -0.2) is 11.8 Å². The Labute approximate surface area is 147 Å². The van der Waals surface area contributed by atoms with E-state index < -0.39 is 29.0 Å². The lowest BCUT2D eigenvalue weighted by atomic mass is 10.1. The number of benzene rings is 2. The Morgan fingerprint density at radius 2 is 1.62 bits per heavy atom. The van der Waals surface area contributed by atoms with Crippen LogP contribution in [0.2, 0.25) is 0 Å². The third-order valence-corrected chi connectivity index (χ3v) is 3.61. The van der Waals surface area contributed by atoms with Gasteiger partial charge in [-0.05, 0) is 36.4 Å². The van der Waals surface area contributed by atoms with E-state index in [1.54, 1.807) is 24.3 Å². The lowest BCUT2D eigenvalue weighted by Gasteiger charge is -2.12. The maximum absolute atomic E-state index is 13.8. The molecule has 3 aromatic rings. The number of para-hydroxylation sites is 1. The second kappa shape index (κ2) is 7.60. The van der Waals surface area contributed by atoms with Gasteiger partial charge in [0, 0.05) is 0 Å². The number of hydrogen-bond acceptors (Lipinski definition) is 3. The SMILES string of the molecule is O=C(NCc1ccco1)c1ccccc1NC(=O)c1c(F)cccc1F. The van der Waals surface area contributed by atoms with Crippen molar-refractivity contribution >= 4 is 17.5 Å². The van der Waals surface area contributed by atoms with Crippen molar-refractivity contribution < 1.29 is 22.8 Å². The van der Waals surface area contributed by atoms with Crippen LogP contribution in [0.1, 0.15) is 26.5 Å². The third-order valence-electron chi connectivity index (χ3n) is 3.61. The molecule has 0 bridgehead atoms. The summed E-state index contributed by atoms with van der Waals surface area (Å²) in [5.41, 5.74) is -0.417. The molecular weight excluding hydrogens is 342 g/mol. The summed E-state index contributed by atoms with van der Waals surface area (Å²) in [6.45, 7) is 0.163. The molecule has 0 unspecified atom stereocenters. The maximum Gasteiger partial charge on any atom is 0.261 e. The Morgan fingerprint density at radius 3 is 2.31 bits per heavy atom. The van der Waals surface area contributed by atoms with Crippen molar-refractivity contribution in [3.63, 3.8) is 0 Å². The smallest absolute Gasteiger partial charge is 0.261 e. The van der Waals surface area contributed by atoms with Crippen molar-refractivity contribution in [2.24, 2.45) is 0 Å².